The number of carbonyl (C=O) groups is 3. The molecule has 0 saturated carbocycles. The first-order chi connectivity index (χ1) is 8.97. The molecule has 1 unspecified atom stereocenters. The van der Waals surface area contributed by atoms with Crippen LogP contribution in [0, 0.1) is 0 Å². The predicted octanol–water partition coefficient (Wildman–Crippen LogP) is 1.95. The van der Waals surface area contributed by atoms with Crippen LogP contribution in [0.15, 0.2) is 30.9 Å². The maximum Gasteiger partial charge on any atom is 0.335 e. The van der Waals surface area contributed by atoms with Gasteiger partial charge in [-0.3, -0.25) is 14.5 Å². The van der Waals surface area contributed by atoms with Crippen LogP contribution in [0.3, 0.4) is 0 Å². The van der Waals surface area contributed by atoms with Crippen LogP contribution in [-0.4, -0.2) is 33.8 Å². The summed E-state index contributed by atoms with van der Waals surface area (Å²) in [6, 6.07) is 3.67. The lowest BCUT2D eigenvalue weighted by atomic mass is 10.1. The van der Waals surface area contributed by atoms with Crippen molar-refractivity contribution in [3.8, 4) is 0 Å². The van der Waals surface area contributed by atoms with Gasteiger partial charge < -0.3 is 5.11 Å². The molecule has 0 aromatic heterocycles. The standard InChI is InChI=1S/C14H13NO4/c1-3-4-8(2)15-12(16)10-6-5-9(14(18)19)7-11(10)13(15)17/h3,5-8H,1,4H2,2H3,(H,18,19). The third kappa shape index (κ3) is 2.03. The Hall–Kier alpha value is -2.43. The van der Waals surface area contributed by atoms with Crippen LogP contribution in [-0.2, 0) is 0 Å². The van der Waals surface area contributed by atoms with Gasteiger partial charge in [-0.05, 0) is 31.5 Å². The quantitative estimate of drug-likeness (QED) is 0.662. The summed E-state index contributed by atoms with van der Waals surface area (Å²) in [5.41, 5.74) is 0.407. The second kappa shape index (κ2) is 4.68. The molecule has 0 radical (unpaired) electrons. The molecule has 19 heavy (non-hydrogen) atoms. The van der Waals surface area contributed by atoms with Gasteiger partial charge in [0.05, 0.1) is 16.7 Å². The number of aromatic carboxylic acids is 1. The van der Waals surface area contributed by atoms with Gasteiger partial charge in [-0.1, -0.05) is 6.08 Å². The number of amides is 2. The highest BCUT2D eigenvalue weighted by Gasteiger charge is 2.38. The van der Waals surface area contributed by atoms with Crippen LogP contribution < -0.4 is 0 Å². The van der Waals surface area contributed by atoms with Gasteiger partial charge in [0, 0.05) is 6.04 Å². The van der Waals surface area contributed by atoms with Gasteiger partial charge in [0.25, 0.3) is 11.8 Å². The van der Waals surface area contributed by atoms with Crippen LogP contribution in [0.1, 0.15) is 44.4 Å². The maximum atomic E-state index is 12.2. The number of rotatable bonds is 4. The third-order valence-electron chi connectivity index (χ3n) is 3.11. The number of imide groups is 1. The van der Waals surface area contributed by atoms with Gasteiger partial charge in [-0.2, -0.15) is 0 Å². The average molecular weight is 259 g/mol. The first kappa shape index (κ1) is 13.0. The topological polar surface area (TPSA) is 74.7 Å². The van der Waals surface area contributed by atoms with E-state index in [2.05, 4.69) is 6.58 Å². The zero-order chi connectivity index (χ0) is 14.2. The monoisotopic (exact) mass is 259 g/mol. The van der Waals surface area contributed by atoms with E-state index < -0.39 is 11.9 Å². The Labute approximate surface area is 110 Å². The Bertz CT molecular complexity index is 591. The fraction of sp³-hybridized carbons (Fsp3) is 0.214. The van der Waals surface area contributed by atoms with E-state index in [1.54, 1.807) is 13.0 Å². The number of carboxylic acids is 1. The summed E-state index contributed by atoms with van der Waals surface area (Å²) in [4.78, 5) is 36.3. The Morgan fingerprint density at radius 3 is 2.58 bits per heavy atom. The van der Waals surface area contributed by atoms with E-state index in [1.807, 2.05) is 0 Å². The number of nitrogens with zero attached hydrogens (tertiary/aromatic N) is 1. The summed E-state index contributed by atoms with van der Waals surface area (Å²) < 4.78 is 0. The lowest BCUT2D eigenvalue weighted by molar-refractivity contribution is 0.0597. The number of fused-ring (bicyclic) bond motifs is 1. The molecule has 5 heteroatoms. The lowest BCUT2D eigenvalue weighted by Crippen LogP contribution is -2.37. The highest BCUT2D eigenvalue weighted by Crippen LogP contribution is 2.26. The molecule has 5 nitrogen and oxygen atoms in total. The number of hydrogen-bond donors (Lipinski definition) is 1. The predicted molar refractivity (Wildman–Crippen MR) is 68.2 cm³/mol. The average Bonchev–Trinajstić information content (AvgIpc) is 2.62. The van der Waals surface area contributed by atoms with Gasteiger partial charge in [0.1, 0.15) is 0 Å². The highest BCUT2D eigenvalue weighted by atomic mass is 16.4. The molecule has 2 amide bonds. The van der Waals surface area contributed by atoms with Crippen LogP contribution in [0.4, 0.5) is 0 Å². The fourth-order valence-electron chi connectivity index (χ4n) is 2.14. The minimum absolute atomic E-state index is 0.00174. The molecular weight excluding hydrogens is 246 g/mol. The van der Waals surface area contributed by atoms with Gasteiger partial charge in [-0.15, -0.1) is 6.58 Å². The van der Waals surface area contributed by atoms with Crippen LogP contribution in [0.5, 0.6) is 0 Å². The van der Waals surface area contributed by atoms with E-state index in [0.29, 0.717) is 6.42 Å². The lowest BCUT2D eigenvalue weighted by Gasteiger charge is -2.20. The van der Waals surface area contributed by atoms with E-state index in [9.17, 15) is 14.4 Å². The summed E-state index contributed by atoms with van der Waals surface area (Å²) in [7, 11) is 0. The Kier molecular flexibility index (Phi) is 3.21. The molecule has 98 valence electrons. The Balaban J connectivity index is 2.44. The van der Waals surface area contributed by atoms with Crippen molar-refractivity contribution in [3.63, 3.8) is 0 Å². The zero-order valence-electron chi connectivity index (χ0n) is 10.4. The Morgan fingerprint density at radius 1 is 1.37 bits per heavy atom. The molecule has 1 aliphatic rings. The van der Waals surface area contributed by atoms with E-state index >= 15 is 0 Å². The van der Waals surface area contributed by atoms with Gasteiger partial charge in [-0.25, -0.2) is 4.79 Å². The summed E-state index contributed by atoms with van der Waals surface area (Å²) in [5, 5.41) is 8.90. The summed E-state index contributed by atoms with van der Waals surface area (Å²) in [6.07, 6.45) is 2.13. The molecule has 0 fully saturated rings. The number of carbonyl (C=O) groups excluding carboxylic acids is 2. The minimum Gasteiger partial charge on any atom is -0.478 e. The van der Waals surface area contributed by atoms with Gasteiger partial charge in [0.2, 0.25) is 0 Å². The largest absolute Gasteiger partial charge is 0.478 e. The molecule has 1 aliphatic heterocycles. The van der Waals surface area contributed by atoms with Crippen LogP contribution in [0.25, 0.3) is 0 Å². The van der Waals surface area contributed by atoms with Crippen molar-refractivity contribution in [2.45, 2.75) is 19.4 Å². The highest BCUT2D eigenvalue weighted by molar-refractivity contribution is 6.22. The number of benzene rings is 1. The fourth-order valence-corrected chi connectivity index (χ4v) is 2.14. The van der Waals surface area contributed by atoms with Crippen molar-refractivity contribution < 1.29 is 19.5 Å². The van der Waals surface area contributed by atoms with E-state index in [-0.39, 0.29) is 28.6 Å². The molecular formula is C14H13NO4. The zero-order valence-corrected chi connectivity index (χ0v) is 10.4. The first-order valence-electron chi connectivity index (χ1n) is 5.83. The molecule has 0 saturated heterocycles. The third-order valence-corrected chi connectivity index (χ3v) is 3.11. The van der Waals surface area contributed by atoms with Crippen LogP contribution in [0.2, 0.25) is 0 Å². The second-order valence-corrected chi connectivity index (χ2v) is 4.42. The van der Waals surface area contributed by atoms with E-state index in [1.165, 1.54) is 18.2 Å². The molecule has 1 N–H and O–H groups in total. The molecule has 1 atom stereocenters. The SMILES string of the molecule is C=CCC(C)N1C(=O)c2ccc(C(=O)O)cc2C1=O. The van der Waals surface area contributed by atoms with Crippen molar-refractivity contribution >= 4 is 17.8 Å². The maximum absolute atomic E-state index is 12.2. The van der Waals surface area contributed by atoms with Crippen molar-refractivity contribution in [2.75, 3.05) is 0 Å². The number of hydrogen-bond acceptors (Lipinski definition) is 3. The second-order valence-electron chi connectivity index (χ2n) is 4.42. The molecule has 1 heterocycles. The van der Waals surface area contributed by atoms with E-state index in [4.69, 9.17) is 5.11 Å². The van der Waals surface area contributed by atoms with Crippen molar-refractivity contribution in [3.05, 3.63) is 47.5 Å². The molecule has 0 bridgehead atoms. The smallest absolute Gasteiger partial charge is 0.335 e. The summed E-state index contributed by atoms with van der Waals surface area (Å²) >= 11 is 0. The molecule has 1 aromatic carbocycles. The summed E-state index contributed by atoms with van der Waals surface area (Å²) in [5.74, 6) is -1.95. The number of carboxylic acid groups (broad SMARTS) is 1. The van der Waals surface area contributed by atoms with Crippen molar-refractivity contribution in [1.29, 1.82) is 0 Å². The van der Waals surface area contributed by atoms with Crippen LogP contribution >= 0.6 is 0 Å². The molecule has 0 spiro atoms. The van der Waals surface area contributed by atoms with Crippen molar-refractivity contribution in [1.82, 2.24) is 4.90 Å². The molecule has 0 aliphatic carbocycles. The normalized spacial score (nSPS) is 15.3. The Morgan fingerprint density at radius 2 is 2.00 bits per heavy atom. The molecule has 2 rings (SSSR count). The van der Waals surface area contributed by atoms with Gasteiger partial charge in [0.15, 0.2) is 0 Å². The van der Waals surface area contributed by atoms with Crippen molar-refractivity contribution in [2.24, 2.45) is 0 Å². The van der Waals surface area contributed by atoms with E-state index in [0.717, 1.165) is 4.90 Å². The molecule has 1 aromatic rings. The summed E-state index contributed by atoms with van der Waals surface area (Å²) in [6.45, 7) is 5.33. The minimum atomic E-state index is -1.12. The van der Waals surface area contributed by atoms with Gasteiger partial charge >= 0.3 is 5.97 Å². The first-order valence-corrected chi connectivity index (χ1v) is 5.83.